The molecule has 2 aliphatic heterocycles. The molecule has 0 saturated heterocycles. The van der Waals surface area contributed by atoms with Gasteiger partial charge in [-0.15, -0.1) is 0 Å². The first-order valence-corrected chi connectivity index (χ1v) is 25.3. The first kappa shape index (κ1) is 43.8. The van der Waals surface area contributed by atoms with E-state index in [-0.39, 0.29) is 6.71 Å². The van der Waals surface area contributed by atoms with Gasteiger partial charge in [-0.25, -0.2) is 19.9 Å². The fourth-order valence-corrected chi connectivity index (χ4v) is 11.0. The van der Waals surface area contributed by atoms with Crippen LogP contribution in [-0.2, 0) is 0 Å². The summed E-state index contributed by atoms with van der Waals surface area (Å²) in [5.74, 6) is 1.49. The quantitative estimate of drug-likeness (QED) is 0.134. The Morgan fingerprint density at radius 2 is 0.653 bits per heavy atom. The molecule has 0 atom stereocenters. The number of nitrogens with zero attached hydrogens (tertiary/aromatic N) is 5. The standard InChI is InChI=1S/C68H44BN5O/c1-6-22-45(23-7-1)56-36-18-40-60(70-56)50-32-16-34-54-65(50)74(49-30-14-5-15-31-49)66-52(62-42-20-38-58(72-62)47-26-10-3-11-27-47)44-53(63-43-21-39-59(73-63)48-28-12-4-13-29-48)68-64(66)69(54)55-35-17-33-51(67(55)75-68)61-41-19-37-57(71-61)46-24-8-2-9-25-46/h1-44H. The lowest BCUT2D eigenvalue weighted by Gasteiger charge is -2.43. The molecule has 0 fully saturated rings. The highest BCUT2D eigenvalue weighted by Crippen LogP contribution is 2.52. The highest BCUT2D eigenvalue weighted by atomic mass is 16.5. The van der Waals surface area contributed by atoms with Crippen molar-refractivity contribution in [1.82, 2.24) is 19.9 Å². The van der Waals surface area contributed by atoms with Crippen LogP contribution < -0.4 is 26.0 Å². The van der Waals surface area contributed by atoms with E-state index in [1.54, 1.807) is 0 Å². The lowest BCUT2D eigenvalue weighted by Crippen LogP contribution is -2.60. The van der Waals surface area contributed by atoms with E-state index >= 15 is 0 Å². The predicted molar refractivity (Wildman–Crippen MR) is 307 cm³/mol. The molecule has 0 bridgehead atoms. The molecule has 0 amide bonds. The Morgan fingerprint density at radius 3 is 1.13 bits per heavy atom. The molecule has 14 rings (SSSR count). The average Bonchev–Trinajstić information content (AvgIpc) is 3.52. The van der Waals surface area contributed by atoms with Crippen molar-refractivity contribution in [3.05, 3.63) is 267 Å². The van der Waals surface area contributed by atoms with Crippen molar-refractivity contribution in [3.8, 4) is 102 Å². The van der Waals surface area contributed by atoms with Crippen LogP contribution in [0.4, 0.5) is 17.1 Å². The summed E-state index contributed by atoms with van der Waals surface area (Å²) >= 11 is 0. The van der Waals surface area contributed by atoms with Crippen molar-refractivity contribution in [1.29, 1.82) is 0 Å². The number of hydrogen-bond donors (Lipinski definition) is 0. The summed E-state index contributed by atoms with van der Waals surface area (Å²) in [7, 11) is 0. The van der Waals surface area contributed by atoms with Gasteiger partial charge in [0, 0.05) is 50.2 Å². The maximum absolute atomic E-state index is 7.71. The van der Waals surface area contributed by atoms with Crippen LogP contribution in [0.15, 0.2) is 267 Å². The van der Waals surface area contributed by atoms with Crippen LogP contribution in [0.3, 0.4) is 0 Å². The van der Waals surface area contributed by atoms with Gasteiger partial charge < -0.3 is 9.64 Å². The third-order valence-corrected chi connectivity index (χ3v) is 14.4. The SMILES string of the molecule is c1ccc(-c2cccc(-c3cccc4c3Oc3c(-c5cccc(-c6ccccc6)n5)cc(-c5cccc(-c6ccccc6)n5)c5c3B4c3cccc(-c4cccc(-c6ccccc6)n4)c3N5c3ccccc3)n2)cc1. The van der Waals surface area contributed by atoms with E-state index in [2.05, 4.69) is 248 Å². The molecule has 0 spiro atoms. The van der Waals surface area contributed by atoms with E-state index in [0.29, 0.717) is 0 Å². The Bertz CT molecular complexity index is 4100. The first-order valence-electron chi connectivity index (χ1n) is 25.3. The Hall–Kier alpha value is -9.98. The highest BCUT2D eigenvalue weighted by Gasteiger charge is 2.46. The molecule has 350 valence electrons. The lowest BCUT2D eigenvalue weighted by atomic mass is 9.33. The van der Waals surface area contributed by atoms with Gasteiger partial charge in [0.15, 0.2) is 0 Å². The number of fused-ring (bicyclic) bond motifs is 4. The average molecular weight is 958 g/mol. The molecule has 6 heterocycles. The molecule has 6 nitrogen and oxygen atoms in total. The fourth-order valence-electron chi connectivity index (χ4n) is 11.0. The number of aromatic nitrogens is 4. The van der Waals surface area contributed by atoms with Gasteiger partial charge in [-0.3, -0.25) is 0 Å². The van der Waals surface area contributed by atoms with Crippen LogP contribution >= 0.6 is 0 Å². The van der Waals surface area contributed by atoms with Crippen molar-refractivity contribution >= 4 is 40.2 Å². The maximum Gasteiger partial charge on any atom is 0.256 e. The number of benzene rings is 8. The van der Waals surface area contributed by atoms with Crippen molar-refractivity contribution < 1.29 is 4.74 Å². The van der Waals surface area contributed by atoms with Gasteiger partial charge >= 0.3 is 0 Å². The Morgan fingerprint density at radius 1 is 0.280 bits per heavy atom. The van der Waals surface area contributed by atoms with Crippen LogP contribution in [0.1, 0.15) is 0 Å². The Balaban J connectivity index is 1.10. The van der Waals surface area contributed by atoms with Crippen molar-refractivity contribution in [3.63, 3.8) is 0 Å². The topological polar surface area (TPSA) is 64.0 Å². The molecular weight excluding hydrogens is 914 g/mol. The molecule has 0 saturated carbocycles. The van der Waals surface area contributed by atoms with Gasteiger partial charge in [0.1, 0.15) is 11.5 Å². The molecule has 12 aromatic rings. The second-order valence-electron chi connectivity index (χ2n) is 18.8. The minimum atomic E-state index is -0.323. The first-order chi connectivity index (χ1) is 37.2. The van der Waals surface area contributed by atoms with E-state index in [9.17, 15) is 0 Å². The van der Waals surface area contributed by atoms with Gasteiger partial charge in [0.05, 0.1) is 56.9 Å². The zero-order chi connectivity index (χ0) is 49.7. The summed E-state index contributed by atoms with van der Waals surface area (Å²) < 4.78 is 7.71. The number of ether oxygens (including phenoxy) is 1. The van der Waals surface area contributed by atoms with Gasteiger partial charge in [-0.2, -0.15) is 0 Å². The smallest absolute Gasteiger partial charge is 0.256 e. The normalized spacial score (nSPS) is 12.1. The second kappa shape index (κ2) is 18.6. The summed E-state index contributed by atoms with van der Waals surface area (Å²) in [6, 6.07) is 92.9. The van der Waals surface area contributed by atoms with Gasteiger partial charge in [-0.1, -0.05) is 194 Å². The molecule has 4 aromatic heterocycles. The molecule has 75 heavy (non-hydrogen) atoms. The largest absolute Gasteiger partial charge is 0.457 e. The summed E-state index contributed by atoms with van der Waals surface area (Å²) in [6.45, 7) is -0.323. The van der Waals surface area contributed by atoms with E-state index in [1.807, 2.05) is 24.3 Å². The molecule has 8 aromatic carbocycles. The molecular formula is C68H44BN5O. The fraction of sp³-hybridized carbons (Fsp3) is 0. The zero-order valence-corrected chi connectivity index (χ0v) is 40.6. The van der Waals surface area contributed by atoms with Crippen LogP contribution in [0.2, 0.25) is 0 Å². The van der Waals surface area contributed by atoms with E-state index < -0.39 is 0 Å². The monoisotopic (exact) mass is 957 g/mol. The van der Waals surface area contributed by atoms with E-state index in [4.69, 9.17) is 24.7 Å². The van der Waals surface area contributed by atoms with Crippen LogP contribution in [0, 0.1) is 0 Å². The zero-order valence-electron chi connectivity index (χ0n) is 40.6. The molecule has 2 aliphatic rings. The molecule has 0 N–H and O–H groups in total. The lowest BCUT2D eigenvalue weighted by molar-refractivity contribution is 0.490. The van der Waals surface area contributed by atoms with E-state index in [0.717, 1.165) is 135 Å². The third-order valence-electron chi connectivity index (χ3n) is 14.4. The van der Waals surface area contributed by atoms with Gasteiger partial charge in [0.25, 0.3) is 6.71 Å². The summed E-state index contributed by atoms with van der Waals surface area (Å²) in [6.07, 6.45) is 0. The van der Waals surface area contributed by atoms with Gasteiger partial charge in [0.2, 0.25) is 0 Å². The highest BCUT2D eigenvalue weighted by molar-refractivity contribution is 6.99. The minimum Gasteiger partial charge on any atom is -0.457 e. The molecule has 0 unspecified atom stereocenters. The number of pyridine rings is 4. The van der Waals surface area contributed by atoms with Crippen molar-refractivity contribution in [2.75, 3.05) is 4.90 Å². The van der Waals surface area contributed by atoms with Gasteiger partial charge in [-0.05, 0) is 89.2 Å². The van der Waals surface area contributed by atoms with Crippen LogP contribution in [-0.4, -0.2) is 26.6 Å². The van der Waals surface area contributed by atoms with Crippen molar-refractivity contribution in [2.45, 2.75) is 0 Å². The Kier molecular flexibility index (Phi) is 10.8. The number of anilines is 3. The summed E-state index contributed by atoms with van der Waals surface area (Å²) in [4.78, 5) is 24.3. The third kappa shape index (κ3) is 7.77. The van der Waals surface area contributed by atoms with E-state index in [1.165, 1.54) is 0 Å². The number of rotatable bonds is 9. The van der Waals surface area contributed by atoms with Crippen LogP contribution in [0.5, 0.6) is 11.5 Å². The Labute approximate surface area is 436 Å². The number of para-hydroxylation sites is 3. The molecule has 0 radical (unpaired) electrons. The summed E-state index contributed by atoms with van der Waals surface area (Å²) in [5.41, 5.74) is 20.8. The molecule has 7 heteroatoms. The predicted octanol–water partition coefficient (Wildman–Crippen LogP) is 15.0. The van der Waals surface area contributed by atoms with Crippen molar-refractivity contribution in [2.24, 2.45) is 0 Å². The number of hydrogen-bond acceptors (Lipinski definition) is 6. The van der Waals surface area contributed by atoms with Crippen LogP contribution in [0.25, 0.3) is 90.1 Å². The summed E-state index contributed by atoms with van der Waals surface area (Å²) in [5, 5.41) is 0. The molecule has 0 aliphatic carbocycles. The second-order valence-corrected chi connectivity index (χ2v) is 18.8. The maximum atomic E-state index is 7.71. The minimum absolute atomic E-state index is 0.323.